The van der Waals surface area contributed by atoms with Crippen molar-refractivity contribution < 1.29 is 4.79 Å². The number of carbonyl (C=O) groups excluding carboxylic acids is 1. The Labute approximate surface area is 148 Å². The van der Waals surface area contributed by atoms with E-state index in [4.69, 9.17) is 0 Å². The number of rotatable bonds is 3. The van der Waals surface area contributed by atoms with Crippen LogP contribution in [-0.4, -0.2) is 52.5 Å². The third-order valence-electron chi connectivity index (χ3n) is 4.32. The first-order chi connectivity index (χ1) is 12.7. The van der Waals surface area contributed by atoms with Gasteiger partial charge in [0.25, 0.3) is 0 Å². The van der Waals surface area contributed by atoms with Crippen molar-refractivity contribution in [2.45, 2.75) is 38.8 Å². The van der Waals surface area contributed by atoms with Gasteiger partial charge in [0, 0.05) is 24.7 Å². The van der Waals surface area contributed by atoms with Crippen LogP contribution < -0.4 is 10.6 Å². The number of benzene rings is 1. The number of urea groups is 1. The molecule has 11 heteroatoms. The minimum atomic E-state index is -0.244. The summed E-state index contributed by atoms with van der Waals surface area (Å²) in [5.41, 5.74) is 1.45. The summed E-state index contributed by atoms with van der Waals surface area (Å²) in [6, 6.07) is 7.17. The zero-order valence-corrected chi connectivity index (χ0v) is 14.2. The topological polar surface area (TPSA) is 128 Å². The van der Waals surface area contributed by atoms with Gasteiger partial charge in [-0.2, -0.15) is 4.68 Å². The molecule has 0 spiro atoms. The van der Waals surface area contributed by atoms with Gasteiger partial charge in [0.15, 0.2) is 11.6 Å². The van der Waals surface area contributed by atoms with Crippen molar-refractivity contribution in [2.24, 2.45) is 0 Å². The Kier molecular flexibility index (Phi) is 4.25. The Balaban J connectivity index is 1.38. The predicted molar refractivity (Wildman–Crippen MR) is 90.6 cm³/mol. The molecule has 0 bridgehead atoms. The summed E-state index contributed by atoms with van der Waals surface area (Å²) in [4.78, 5) is 12.3. The molecule has 1 atom stereocenters. The van der Waals surface area contributed by atoms with Gasteiger partial charge >= 0.3 is 6.03 Å². The van der Waals surface area contributed by atoms with Crippen LogP contribution in [0.15, 0.2) is 24.3 Å². The van der Waals surface area contributed by atoms with E-state index >= 15 is 0 Å². The molecule has 0 fully saturated rings. The van der Waals surface area contributed by atoms with Gasteiger partial charge in [-0.1, -0.05) is 6.07 Å². The molecule has 134 valence electrons. The minimum Gasteiger partial charge on any atom is -0.335 e. The summed E-state index contributed by atoms with van der Waals surface area (Å²) in [6.45, 7) is 2.51. The highest BCUT2D eigenvalue weighted by Gasteiger charge is 2.19. The molecule has 4 rings (SSSR count). The maximum Gasteiger partial charge on any atom is 0.319 e. The second-order valence-corrected chi connectivity index (χ2v) is 6.13. The van der Waals surface area contributed by atoms with E-state index in [9.17, 15) is 4.79 Å². The highest BCUT2D eigenvalue weighted by atomic mass is 16.2. The number of aryl methyl sites for hydroxylation is 3. The number of tetrazole rings is 2. The zero-order valence-electron chi connectivity index (χ0n) is 14.2. The molecule has 26 heavy (non-hydrogen) atoms. The number of fused-ring (bicyclic) bond motifs is 1. The van der Waals surface area contributed by atoms with E-state index in [1.165, 1.54) is 0 Å². The summed E-state index contributed by atoms with van der Waals surface area (Å²) < 4.78 is 3.40. The van der Waals surface area contributed by atoms with Crippen LogP contribution in [0.5, 0.6) is 0 Å². The van der Waals surface area contributed by atoms with Crippen molar-refractivity contribution in [3.05, 3.63) is 35.9 Å². The Morgan fingerprint density at radius 1 is 1.19 bits per heavy atom. The van der Waals surface area contributed by atoms with Gasteiger partial charge < -0.3 is 10.6 Å². The SMILES string of the molecule is Cc1nnnn1-c1cccc(NC(=O)NC2CCc3nnnn3CC2)c1. The lowest BCUT2D eigenvalue weighted by Gasteiger charge is -2.16. The third kappa shape index (κ3) is 3.36. The fourth-order valence-corrected chi connectivity index (χ4v) is 2.98. The predicted octanol–water partition coefficient (Wildman–Crippen LogP) is 0.484. The van der Waals surface area contributed by atoms with Crippen molar-refractivity contribution in [1.29, 1.82) is 0 Å². The maximum absolute atomic E-state index is 12.3. The molecule has 2 aromatic heterocycles. The summed E-state index contributed by atoms with van der Waals surface area (Å²) in [6.07, 6.45) is 2.33. The fourth-order valence-electron chi connectivity index (χ4n) is 2.98. The lowest BCUT2D eigenvalue weighted by atomic mass is 10.1. The number of hydrogen-bond acceptors (Lipinski definition) is 7. The molecule has 3 heterocycles. The first kappa shape index (κ1) is 16.1. The average molecular weight is 354 g/mol. The largest absolute Gasteiger partial charge is 0.335 e. The quantitative estimate of drug-likeness (QED) is 0.700. The van der Waals surface area contributed by atoms with Gasteiger partial charge in [0.1, 0.15) is 0 Å². The average Bonchev–Trinajstić information content (AvgIpc) is 3.22. The number of carbonyl (C=O) groups is 1. The van der Waals surface area contributed by atoms with E-state index in [1.807, 2.05) is 31.2 Å². The van der Waals surface area contributed by atoms with Gasteiger partial charge in [-0.3, -0.25) is 0 Å². The van der Waals surface area contributed by atoms with Crippen LogP contribution in [-0.2, 0) is 13.0 Å². The molecule has 0 saturated carbocycles. The number of anilines is 1. The van der Waals surface area contributed by atoms with E-state index < -0.39 is 0 Å². The summed E-state index contributed by atoms with van der Waals surface area (Å²) in [5.74, 6) is 1.53. The van der Waals surface area contributed by atoms with Crippen LogP contribution in [0.25, 0.3) is 5.69 Å². The van der Waals surface area contributed by atoms with Crippen LogP contribution in [0, 0.1) is 6.92 Å². The highest BCUT2D eigenvalue weighted by molar-refractivity contribution is 5.89. The van der Waals surface area contributed by atoms with Crippen LogP contribution in [0.1, 0.15) is 24.5 Å². The lowest BCUT2D eigenvalue weighted by molar-refractivity contribution is 0.246. The molecule has 2 N–H and O–H groups in total. The van der Waals surface area contributed by atoms with Crippen molar-refractivity contribution in [1.82, 2.24) is 45.7 Å². The van der Waals surface area contributed by atoms with Gasteiger partial charge in [-0.25, -0.2) is 9.48 Å². The summed E-state index contributed by atoms with van der Waals surface area (Å²) >= 11 is 0. The third-order valence-corrected chi connectivity index (χ3v) is 4.32. The van der Waals surface area contributed by atoms with Gasteiger partial charge in [0.05, 0.1) is 5.69 Å². The number of hydrogen-bond donors (Lipinski definition) is 2. The molecule has 3 aromatic rings. The normalized spacial score (nSPS) is 16.6. The first-order valence-corrected chi connectivity index (χ1v) is 8.37. The molecule has 1 aliphatic heterocycles. The van der Waals surface area contributed by atoms with E-state index in [0.717, 1.165) is 30.8 Å². The Hall–Kier alpha value is -3.37. The Morgan fingerprint density at radius 2 is 2.08 bits per heavy atom. The first-order valence-electron chi connectivity index (χ1n) is 8.37. The second kappa shape index (κ2) is 6.86. The highest BCUT2D eigenvalue weighted by Crippen LogP contribution is 2.15. The van der Waals surface area contributed by atoms with Gasteiger partial charge in [-0.15, -0.1) is 10.2 Å². The molecule has 0 saturated heterocycles. The number of amides is 2. The second-order valence-electron chi connectivity index (χ2n) is 6.13. The molecule has 11 nitrogen and oxygen atoms in total. The standard InChI is InChI=1S/C15H18N10O/c1-10-18-20-23-25(10)13-4-2-3-12(9-13)17-15(26)16-11-5-6-14-19-21-22-24(14)8-7-11/h2-4,9,11H,5-8H2,1H3,(H2,16,17,26). The Morgan fingerprint density at radius 3 is 2.92 bits per heavy atom. The molecule has 0 aliphatic carbocycles. The van der Waals surface area contributed by atoms with Crippen LogP contribution in [0.2, 0.25) is 0 Å². The number of aromatic nitrogens is 8. The van der Waals surface area contributed by atoms with Crippen LogP contribution in [0.3, 0.4) is 0 Å². The molecule has 1 aromatic carbocycles. The molecule has 1 aliphatic rings. The number of nitrogens with one attached hydrogen (secondary N) is 2. The van der Waals surface area contributed by atoms with Crippen molar-refractivity contribution in [2.75, 3.05) is 5.32 Å². The fraction of sp³-hybridized carbons (Fsp3) is 0.400. The zero-order chi connectivity index (χ0) is 17.9. The smallest absolute Gasteiger partial charge is 0.319 e. The maximum atomic E-state index is 12.3. The van der Waals surface area contributed by atoms with E-state index in [-0.39, 0.29) is 12.1 Å². The van der Waals surface area contributed by atoms with E-state index in [0.29, 0.717) is 18.1 Å². The van der Waals surface area contributed by atoms with Crippen LogP contribution in [0.4, 0.5) is 10.5 Å². The molecule has 2 amide bonds. The monoisotopic (exact) mass is 354 g/mol. The molecule has 1 unspecified atom stereocenters. The lowest BCUT2D eigenvalue weighted by Crippen LogP contribution is -2.38. The van der Waals surface area contributed by atoms with Crippen molar-refractivity contribution in [3.8, 4) is 5.69 Å². The van der Waals surface area contributed by atoms with Gasteiger partial charge in [0.2, 0.25) is 0 Å². The minimum absolute atomic E-state index is 0.0587. The molecular weight excluding hydrogens is 336 g/mol. The van der Waals surface area contributed by atoms with Crippen molar-refractivity contribution >= 4 is 11.7 Å². The Bertz CT molecular complexity index is 894. The number of nitrogens with zero attached hydrogens (tertiary/aromatic N) is 8. The van der Waals surface area contributed by atoms with E-state index in [2.05, 4.69) is 41.7 Å². The van der Waals surface area contributed by atoms with E-state index in [1.54, 1.807) is 9.36 Å². The summed E-state index contributed by atoms with van der Waals surface area (Å²) in [5, 5.41) is 28.9. The molecular formula is C15H18N10O. The van der Waals surface area contributed by atoms with Crippen LogP contribution >= 0.6 is 0 Å². The van der Waals surface area contributed by atoms with Crippen molar-refractivity contribution in [3.63, 3.8) is 0 Å². The van der Waals surface area contributed by atoms with Gasteiger partial charge in [-0.05, 0) is 58.8 Å². The summed E-state index contributed by atoms with van der Waals surface area (Å²) in [7, 11) is 0. The molecule has 0 radical (unpaired) electrons.